The molecule has 0 spiro atoms. The van der Waals surface area contributed by atoms with Gasteiger partial charge >= 0.3 is 6.09 Å². The summed E-state index contributed by atoms with van der Waals surface area (Å²) in [5.41, 5.74) is 0.758. The maximum absolute atomic E-state index is 13.0. The largest absolute Gasteiger partial charge is 0.465 e. The van der Waals surface area contributed by atoms with Gasteiger partial charge in [0.1, 0.15) is 31.1 Å². The first-order valence-electron chi connectivity index (χ1n) is 12.7. The summed E-state index contributed by atoms with van der Waals surface area (Å²) < 4.78 is 0. The third-order valence-corrected chi connectivity index (χ3v) is 7.77. The highest BCUT2D eigenvalue weighted by Gasteiger charge is 2.52. The summed E-state index contributed by atoms with van der Waals surface area (Å²) in [7, 11) is 3.03. The molecule has 1 saturated heterocycles. The predicted molar refractivity (Wildman–Crippen MR) is 144 cm³/mol. The van der Waals surface area contributed by atoms with Crippen molar-refractivity contribution >= 4 is 49.7 Å². The van der Waals surface area contributed by atoms with E-state index >= 15 is 0 Å². The molecule has 0 bridgehead atoms. The lowest BCUT2D eigenvalue weighted by molar-refractivity contribution is 0.0575. The molecule has 6 aromatic rings. The molecule has 4 aromatic heterocycles. The summed E-state index contributed by atoms with van der Waals surface area (Å²) in [4.78, 5) is 37.8. The zero-order valence-corrected chi connectivity index (χ0v) is 21.4. The number of carbonyl (C=O) groups is 1. The molecule has 11 heteroatoms. The molecule has 1 amide bonds. The van der Waals surface area contributed by atoms with Gasteiger partial charge in [0, 0.05) is 29.7 Å². The van der Waals surface area contributed by atoms with E-state index in [0.717, 1.165) is 45.2 Å². The standard InChI is InChI=1S/C28H25N7O4/c1-38-34-25-21(19-11-5-3-9-17(19)15-29-25)23(31-34)28(13-7-8-14-33(28)27(36)37)24-22-20-12-6-4-10-18(20)16-30-26(22)35(32-24)39-2/h3-6,9-12,15-16H,7-8,13-14H2,1-2H3,(H,36,37). The van der Waals surface area contributed by atoms with Gasteiger partial charge in [0.25, 0.3) is 0 Å². The van der Waals surface area contributed by atoms with E-state index in [1.807, 2.05) is 48.5 Å². The van der Waals surface area contributed by atoms with Gasteiger partial charge in [0.15, 0.2) is 11.3 Å². The molecule has 11 nitrogen and oxygen atoms in total. The summed E-state index contributed by atoms with van der Waals surface area (Å²) in [6.45, 7) is 0.314. The molecule has 196 valence electrons. The van der Waals surface area contributed by atoms with E-state index in [2.05, 4.69) is 9.97 Å². The number of nitrogens with zero attached hydrogens (tertiary/aromatic N) is 7. The number of rotatable bonds is 4. The van der Waals surface area contributed by atoms with Crippen LogP contribution < -0.4 is 9.68 Å². The second-order valence-electron chi connectivity index (χ2n) is 9.65. The third-order valence-electron chi connectivity index (χ3n) is 7.77. The second-order valence-corrected chi connectivity index (χ2v) is 9.65. The van der Waals surface area contributed by atoms with Crippen molar-refractivity contribution in [1.82, 2.24) is 34.8 Å². The molecule has 0 atom stereocenters. The number of likely N-dealkylation sites (tertiary alicyclic amines) is 1. The number of aromatic nitrogens is 6. The van der Waals surface area contributed by atoms with E-state index in [4.69, 9.17) is 19.9 Å². The van der Waals surface area contributed by atoms with Crippen LogP contribution in [0, 0.1) is 0 Å². The fourth-order valence-electron chi connectivity index (χ4n) is 6.11. The lowest BCUT2D eigenvalue weighted by Crippen LogP contribution is -2.53. The van der Waals surface area contributed by atoms with Crippen LogP contribution >= 0.6 is 0 Å². The number of piperidine rings is 1. The van der Waals surface area contributed by atoms with Gasteiger partial charge in [-0.25, -0.2) is 14.8 Å². The van der Waals surface area contributed by atoms with Crippen LogP contribution in [-0.4, -0.2) is 66.7 Å². The molecular weight excluding hydrogens is 498 g/mol. The Morgan fingerprint density at radius 3 is 1.82 bits per heavy atom. The highest BCUT2D eigenvalue weighted by atomic mass is 16.7. The van der Waals surface area contributed by atoms with Crippen molar-refractivity contribution < 1.29 is 19.6 Å². The SMILES string of the molecule is COn1nc(C2(c3nn(OC)c4ncc5ccccc5c34)CCCCN2C(=O)O)c2c3ccccc3cnc21. The highest BCUT2D eigenvalue weighted by Crippen LogP contribution is 2.48. The lowest BCUT2D eigenvalue weighted by atomic mass is 9.78. The van der Waals surface area contributed by atoms with Crippen LogP contribution in [0.5, 0.6) is 0 Å². The van der Waals surface area contributed by atoms with Crippen molar-refractivity contribution in [1.29, 1.82) is 0 Å². The monoisotopic (exact) mass is 523 g/mol. The van der Waals surface area contributed by atoms with Gasteiger partial charge in [-0.3, -0.25) is 4.90 Å². The van der Waals surface area contributed by atoms with Crippen molar-refractivity contribution in [3.05, 3.63) is 72.3 Å². The number of hydrogen-bond acceptors (Lipinski definition) is 7. The minimum absolute atomic E-state index is 0.314. The number of hydrogen-bond donors (Lipinski definition) is 1. The molecule has 1 fully saturated rings. The predicted octanol–water partition coefficient (Wildman–Crippen LogP) is 4.01. The Labute approximate surface area is 222 Å². The molecule has 2 aromatic carbocycles. The Balaban J connectivity index is 1.70. The molecule has 7 rings (SSSR count). The Bertz CT molecular complexity index is 1790. The molecule has 1 aliphatic rings. The van der Waals surface area contributed by atoms with Crippen LogP contribution in [0.25, 0.3) is 43.6 Å². The van der Waals surface area contributed by atoms with Crippen molar-refractivity contribution in [2.45, 2.75) is 24.8 Å². The average Bonchev–Trinajstić information content (AvgIpc) is 3.56. The lowest BCUT2D eigenvalue weighted by Gasteiger charge is -2.43. The number of carboxylic acid groups (broad SMARTS) is 1. The summed E-state index contributed by atoms with van der Waals surface area (Å²) in [6, 6.07) is 15.7. The Hall–Kier alpha value is -4.93. The summed E-state index contributed by atoms with van der Waals surface area (Å²) in [5, 5.41) is 25.5. The summed E-state index contributed by atoms with van der Waals surface area (Å²) >= 11 is 0. The fraction of sp³-hybridized carbons (Fsp3) is 0.250. The van der Waals surface area contributed by atoms with Gasteiger partial charge in [-0.05, 0) is 30.0 Å². The normalized spacial score (nSPS) is 15.4. The first-order chi connectivity index (χ1) is 19.1. The minimum Gasteiger partial charge on any atom is -0.465 e. The molecule has 0 unspecified atom stereocenters. The maximum Gasteiger partial charge on any atom is 0.408 e. The topological polar surface area (TPSA) is 120 Å². The molecule has 0 aliphatic carbocycles. The Morgan fingerprint density at radius 2 is 1.33 bits per heavy atom. The zero-order valence-electron chi connectivity index (χ0n) is 21.4. The third kappa shape index (κ3) is 3.13. The van der Waals surface area contributed by atoms with Gasteiger partial charge in [0.05, 0.1) is 10.8 Å². The quantitative estimate of drug-likeness (QED) is 0.368. The molecular formula is C28H25N7O4. The highest BCUT2D eigenvalue weighted by molar-refractivity contribution is 6.09. The van der Waals surface area contributed by atoms with Crippen LogP contribution in [-0.2, 0) is 5.54 Å². The molecule has 39 heavy (non-hydrogen) atoms. The van der Waals surface area contributed by atoms with E-state index < -0.39 is 11.6 Å². The Kier molecular flexibility index (Phi) is 5.09. The first-order valence-corrected chi connectivity index (χ1v) is 12.7. The second kappa shape index (κ2) is 8.55. The first kappa shape index (κ1) is 23.2. The van der Waals surface area contributed by atoms with E-state index in [1.54, 1.807) is 12.4 Å². The van der Waals surface area contributed by atoms with E-state index in [9.17, 15) is 9.90 Å². The zero-order chi connectivity index (χ0) is 26.7. The van der Waals surface area contributed by atoms with Gasteiger partial charge in [0.2, 0.25) is 0 Å². The summed E-state index contributed by atoms with van der Waals surface area (Å²) in [5.74, 6) is 0. The minimum atomic E-state index is -1.27. The fourth-order valence-corrected chi connectivity index (χ4v) is 6.11. The Morgan fingerprint density at radius 1 is 0.821 bits per heavy atom. The molecule has 0 saturated carbocycles. The maximum atomic E-state index is 13.0. The van der Waals surface area contributed by atoms with Gasteiger partial charge in [-0.15, -0.1) is 10.2 Å². The van der Waals surface area contributed by atoms with E-state index in [1.165, 1.54) is 28.8 Å². The molecule has 1 N–H and O–H groups in total. The molecule has 1 aliphatic heterocycles. The van der Waals surface area contributed by atoms with Crippen LogP contribution in [0.4, 0.5) is 4.79 Å². The van der Waals surface area contributed by atoms with Crippen molar-refractivity contribution in [3.63, 3.8) is 0 Å². The smallest absolute Gasteiger partial charge is 0.408 e. The van der Waals surface area contributed by atoms with Crippen LogP contribution in [0.2, 0.25) is 0 Å². The van der Waals surface area contributed by atoms with Crippen molar-refractivity contribution in [2.24, 2.45) is 0 Å². The number of benzene rings is 2. The van der Waals surface area contributed by atoms with Crippen molar-refractivity contribution in [2.75, 3.05) is 20.8 Å². The van der Waals surface area contributed by atoms with E-state index in [0.29, 0.717) is 35.6 Å². The number of pyridine rings is 2. The molecule has 5 heterocycles. The van der Waals surface area contributed by atoms with Gasteiger partial charge < -0.3 is 14.8 Å². The van der Waals surface area contributed by atoms with Gasteiger partial charge in [-0.2, -0.15) is 0 Å². The van der Waals surface area contributed by atoms with Crippen LogP contribution in [0.3, 0.4) is 0 Å². The van der Waals surface area contributed by atoms with Gasteiger partial charge in [-0.1, -0.05) is 58.2 Å². The van der Waals surface area contributed by atoms with Crippen molar-refractivity contribution in [3.8, 4) is 0 Å². The van der Waals surface area contributed by atoms with Crippen LogP contribution in [0.1, 0.15) is 30.7 Å². The molecule has 0 radical (unpaired) electrons. The average molecular weight is 524 g/mol. The summed E-state index contributed by atoms with van der Waals surface area (Å²) in [6.07, 6.45) is 4.43. The van der Waals surface area contributed by atoms with E-state index in [-0.39, 0.29) is 0 Å². The number of fused-ring (bicyclic) bond motifs is 6. The number of amides is 1. The van der Waals surface area contributed by atoms with Crippen LogP contribution in [0.15, 0.2) is 60.9 Å².